The van der Waals surface area contributed by atoms with E-state index in [9.17, 15) is 5.11 Å². The molecule has 0 fully saturated rings. The van der Waals surface area contributed by atoms with Gasteiger partial charge in [0.15, 0.2) is 0 Å². The molecule has 0 aliphatic heterocycles. The van der Waals surface area contributed by atoms with Crippen molar-refractivity contribution >= 4 is 0 Å². The van der Waals surface area contributed by atoms with Crippen LogP contribution in [0.3, 0.4) is 0 Å². The van der Waals surface area contributed by atoms with Gasteiger partial charge < -0.3 is 15.3 Å². The second-order valence-corrected chi connectivity index (χ2v) is 2.60. The van der Waals surface area contributed by atoms with Crippen molar-refractivity contribution in [1.29, 1.82) is 0 Å². The van der Waals surface area contributed by atoms with Crippen LogP contribution in [0.15, 0.2) is 30.3 Å². The average molecular weight is 169 g/mol. The molecule has 5 N–H and O–H groups in total. The number of rotatable bonds is 2. The standard InChI is InChI=1S/C8H11NO3/c9-8(11,12)7(10)6-4-2-1-3-5-6/h1-5,7,10-12H,9H2. The van der Waals surface area contributed by atoms with E-state index >= 15 is 0 Å². The number of hydrogen-bond donors (Lipinski definition) is 4. The lowest BCUT2D eigenvalue weighted by Gasteiger charge is -2.22. The fourth-order valence-electron chi connectivity index (χ4n) is 0.881. The van der Waals surface area contributed by atoms with Crippen LogP contribution in [0.4, 0.5) is 0 Å². The van der Waals surface area contributed by atoms with Gasteiger partial charge in [-0.1, -0.05) is 30.3 Å². The monoisotopic (exact) mass is 169 g/mol. The van der Waals surface area contributed by atoms with Crippen molar-refractivity contribution in [2.24, 2.45) is 5.73 Å². The van der Waals surface area contributed by atoms with Crippen molar-refractivity contribution in [1.82, 2.24) is 0 Å². The number of hydrogen-bond acceptors (Lipinski definition) is 4. The molecule has 0 aromatic heterocycles. The highest BCUT2D eigenvalue weighted by molar-refractivity contribution is 5.18. The first-order valence-electron chi connectivity index (χ1n) is 3.48. The van der Waals surface area contributed by atoms with E-state index in [0.29, 0.717) is 5.56 Å². The first-order chi connectivity index (χ1) is 5.52. The molecule has 0 radical (unpaired) electrons. The third kappa shape index (κ3) is 2.02. The molecule has 0 saturated heterocycles. The highest BCUT2D eigenvalue weighted by Crippen LogP contribution is 2.18. The molecule has 12 heavy (non-hydrogen) atoms. The van der Waals surface area contributed by atoms with Crippen molar-refractivity contribution < 1.29 is 15.3 Å². The first kappa shape index (κ1) is 9.15. The summed E-state index contributed by atoms with van der Waals surface area (Å²) >= 11 is 0. The van der Waals surface area contributed by atoms with Gasteiger partial charge in [0.05, 0.1) is 0 Å². The summed E-state index contributed by atoms with van der Waals surface area (Å²) in [7, 11) is 0. The molecule has 4 nitrogen and oxygen atoms in total. The van der Waals surface area contributed by atoms with Crippen LogP contribution >= 0.6 is 0 Å². The molecular formula is C8H11NO3. The van der Waals surface area contributed by atoms with Crippen LogP contribution in [-0.4, -0.2) is 21.2 Å². The van der Waals surface area contributed by atoms with Gasteiger partial charge in [0.2, 0.25) is 0 Å². The second-order valence-electron chi connectivity index (χ2n) is 2.60. The van der Waals surface area contributed by atoms with E-state index in [2.05, 4.69) is 0 Å². The maximum absolute atomic E-state index is 9.23. The van der Waals surface area contributed by atoms with Crippen LogP contribution in [0.25, 0.3) is 0 Å². The second kappa shape index (κ2) is 3.20. The van der Waals surface area contributed by atoms with Crippen LogP contribution < -0.4 is 5.73 Å². The van der Waals surface area contributed by atoms with Gasteiger partial charge >= 0.3 is 0 Å². The zero-order valence-corrected chi connectivity index (χ0v) is 6.38. The summed E-state index contributed by atoms with van der Waals surface area (Å²) in [5, 5.41) is 26.9. The molecule has 0 spiro atoms. The van der Waals surface area contributed by atoms with E-state index in [1.807, 2.05) is 0 Å². The Morgan fingerprint density at radius 2 is 1.67 bits per heavy atom. The summed E-state index contributed by atoms with van der Waals surface area (Å²) in [4.78, 5) is 0. The fourth-order valence-corrected chi connectivity index (χ4v) is 0.881. The lowest BCUT2D eigenvalue weighted by Crippen LogP contribution is -2.45. The molecule has 1 unspecified atom stereocenters. The smallest absolute Gasteiger partial charge is 0.251 e. The van der Waals surface area contributed by atoms with Crippen LogP contribution in [0.1, 0.15) is 11.7 Å². The predicted octanol–water partition coefficient (Wildman–Crippen LogP) is -0.683. The minimum absolute atomic E-state index is 0.366. The Morgan fingerprint density at radius 3 is 2.08 bits per heavy atom. The highest BCUT2D eigenvalue weighted by Gasteiger charge is 2.29. The Balaban J connectivity index is 2.86. The van der Waals surface area contributed by atoms with Crippen LogP contribution in [-0.2, 0) is 0 Å². The first-order valence-corrected chi connectivity index (χ1v) is 3.48. The van der Waals surface area contributed by atoms with E-state index in [1.165, 1.54) is 0 Å². The van der Waals surface area contributed by atoms with Gasteiger partial charge in [0.1, 0.15) is 6.10 Å². The van der Waals surface area contributed by atoms with Gasteiger partial charge in [-0.3, -0.25) is 5.73 Å². The number of aliphatic hydroxyl groups is 3. The molecule has 0 aliphatic rings. The van der Waals surface area contributed by atoms with Crippen molar-refractivity contribution in [2.45, 2.75) is 12.0 Å². The lowest BCUT2D eigenvalue weighted by molar-refractivity contribution is -0.223. The molecule has 0 bridgehead atoms. The topological polar surface area (TPSA) is 86.7 Å². The highest BCUT2D eigenvalue weighted by atomic mass is 16.5. The van der Waals surface area contributed by atoms with Gasteiger partial charge in [0, 0.05) is 0 Å². The van der Waals surface area contributed by atoms with E-state index in [-0.39, 0.29) is 0 Å². The molecule has 0 heterocycles. The quantitative estimate of drug-likeness (QED) is 0.442. The van der Waals surface area contributed by atoms with E-state index in [4.69, 9.17) is 15.9 Å². The number of nitrogens with two attached hydrogens (primary N) is 1. The molecule has 1 rings (SSSR count). The van der Waals surface area contributed by atoms with Crippen LogP contribution in [0, 0.1) is 0 Å². The molecule has 4 heteroatoms. The Morgan fingerprint density at radius 1 is 1.17 bits per heavy atom. The Bertz CT molecular complexity index is 242. The van der Waals surface area contributed by atoms with Crippen molar-refractivity contribution in [3.05, 3.63) is 35.9 Å². The van der Waals surface area contributed by atoms with Crippen molar-refractivity contribution in [3.63, 3.8) is 0 Å². The Kier molecular flexibility index (Phi) is 2.44. The van der Waals surface area contributed by atoms with Crippen molar-refractivity contribution in [3.8, 4) is 0 Å². The molecule has 1 aromatic carbocycles. The van der Waals surface area contributed by atoms with Gasteiger partial charge in [0.25, 0.3) is 5.91 Å². The predicted molar refractivity (Wildman–Crippen MR) is 42.8 cm³/mol. The summed E-state index contributed by atoms with van der Waals surface area (Å²) in [5.41, 5.74) is 5.24. The van der Waals surface area contributed by atoms with Crippen LogP contribution in [0.5, 0.6) is 0 Å². The van der Waals surface area contributed by atoms with Gasteiger partial charge in [-0.05, 0) is 5.56 Å². The van der Waals surface area contributed by atoms with Gasteiger partial charge in [-0.15, -0.1) is 0 Å². The SMILES string of the molecule is NC(O)(O)C(O)c1ccccc1. The molecule has 0 amide bonds. The minimum atomic E-state index is -2.58. The normalized spacial score (nSPS) is 14.3. The van der Waals surface area contributed by atoms with E-state index in [0.717, 1.165) is 0 Å². The number of benzene rings is 1. The largest absolute Gasteiger partial charge is 0.381 e. The van der Waals surface area contributed by atoms with E-state index in [1.54, 1.807) is 30.3 Å². The maximum Gasteiger partial charge on any atom is 0.251 e. The Hall–Kier alpha value is -0.940. The Labute approximate surface area is 69.9 Å². The van der Waals surface area contributed by atoms with E-state index < -0.39 is 12.0 Å². The van der Waals surface area contributed by atoms with Crippen molar-refractivity contribution in [2.75, 3.05) is 0 Å². The lowest BCUT2D eigenvalue weighted by atomic mass is 10.1. The zero-order chi connectivity index (χ0) is 9.19. The summed E-state index contributed by atoms with van der Waals surface area (Å²) in [6.07, 6.45) is -1.49. The fraction of sp³-hybridized carbons (Fsp3) is 0.250. The third-order valence-electron chi connectivity index (χ3n) is 1.52. The maximum atomic E-state index is 9.23. The average Bonchev–Trinajstić information content (AvgIpc) is 2.03. The molecule has 1 atom stereocenters. The molecule has 0 aliphatic carbocycles. The van der Waals surface area contributed by atoms with Gasteiger partial charge in [-0.2, -0.15) is 0 Å². The summed E-state index contributed by atoms with van der Waals surface area (Å²) in [6.45, 7) is 0. The molecule has 0 saturated carbocycles. The third-order valence-corrected chi connectivity index (χ3v) is 1.52. The summed E-state index contributed by atoms with van der Waals surface area (Å²) < 4.78 is 0. The van der Waals surface area contributed by atoms with Crippen LogP contribution in [0.2, 0.25) is 0 Å². The molecular weight excluding hydrogens is 158 g/mol. The minimum Gasteiger partial charge on any atom is -0.381 e. The summed E-state index contributed by atoms with van der Waals surface area (Å²) in [5.74, 6) is -2.58. The summed E-state index contributed by atoms with van der Waals surface area (Å²) in [6, 6.07) is 8.20. The number of aliphatic hydroxyl groups excluding tert-OH is 1. The molecule has 66 valence electrons. The zero-order valence-electron chi connectivity index (χ0n) is 6.38. The van der Waals surface area contributed by atoms with Gasteiger partial charge in [-0.25, -0.2) is 0 Å². The molecule has 1 aromatic rings.